The predicted octanol–water partition coefficient (Wildman–Crippen LogP) is 3.39. The van der Waals surface area contributed by atoms with Gasteiger partial charge in [-0.25, -0.2) is 4.98 Å². The fraction of sp³-hybridized carbons (Fsp3) is 0.312. The zero-order chi connectivity index (χ0) is 13.8. The third-order valence-electron chi connectivity index (χ3n) is 3.46. The fourth-order valence-corrected chi connectivity index (χ4v) is 2.66. The number of hydrogen-bond donors (Lipinski definition) is 0. The fourth-order valence-electron chi connectivity index (χ4n) is 2.50. The molecular formula is C16H17ClN2O. The van der Waals surface area contributed by atoms with E-state index in [0.717, 1.165) is 26.1 Å². The van der Waals surface area contributed by atoms with E-state index in [2.05, 4.69) is 34.1 Å². The van der Waals surface area contributed by atoms with E-state index in [-0.39, 0.29) is 6.10 Å². The highest BCUT2D eigenvalue weighted by molar-refractivity contribution is 6.29. The van der Waals surface area contributed by atoms with Crippen molar-refractivity contribution in [2.75, 3.05) is 13.1 Å². The SMILES string of the molecule is Clc1cccc(OC2CCN(Cc3ccccc3)C2)n1. The van der Waals surface area contributed by atoms with Gasteiger partial charge in [0.1, 0.15) is 11.3 Å². The quantitative estimate of drug-likeness (QED) is 0.807. The molecule has 104 valence electrons. The van der Waals surface area contributed by atoms with Crippen LogP contribution in [0, 0.1) is 0 Å². The molecule has 3 rings (SSSR count). The van der Waals surface area contributed by atoms with Crippen LogP contribution in [0.2, 0.25) is 5.15 Å². The zero-order valence-electron chi connectivity index (χ0n) is 11.2. The lowest BCUT2D eigenvalue weighted by Gasteiger charge is -2.16. The average Bonchev–Trinajstić information content (AvgIpc) is 2.87. The molecule has 3 nitrogen and oxygen atoms in total. The Morgan fingerprint density at radius 2 is 2.00 bits per heavy atom. The molecule has 1 fully saturated rings. The van der Waals surface area contributed by atoms with Gasteiger partial charge in [-0.3, -0.25) is 4.90 Å². The van der Waals surface area contributed by atoms with Crippen molar-refractivity contribution in [1.82, 2.24) is 9.88 Å². The van der Waals surface area contributed by atoms with Crippen molar-refractivity contribution < 1.29 is 4.74 Å². The van der Waals surface area contributed by atoms with Gasteiger partial charge in [0.2, 0.25) is 5.88 Å². The van der Waals surface area contributed by atoms with E-state index in [9.17, 15) is 0 Å². The number of pyridine rings is 1. The van der Waals surface area contributed by atoms with Crippen LogP contribution in [0.5, 0.6) is 5.88 Å². The summed E-state index contributed by atoms with van der Waals surface area (Å²) < 4.78 is 5.89. The lowest BCUT2D eigenvalue weighted by Crippen LogP contribution is -2.24. The molecule has 4 heteroatoms. The Bertz CT molecular complexity index is 561. The van der Waals surface area contributed by atoms with Gasteiger partial charge < -0.3 is 4.74 Å². The first kappa shape index (κ1) is 13.4. The number of aromatic nitrogens is 1. The minimum atomic E-state index is 0.199. The maximum atomic E-state index is 5.89. The standard InChI is InChI=1S/C16H17ClN2O/c17-15-7-4-8-16(18-15)20-14-9-10-19(12-14)11-13-5-2-1-3-6-13/h1-8,14H,9-12H2. The molecule has 1 aromatic heterocycles. The molecule has 0 aliphatic carbocycles. The molecule has 0 amide bonds. The van der Waals surface area contributed by atoms with Crippen molar-refractivity contribution in [3.63, 3.8) is 0 Å². The summed E-state index contributed by atoms with van der Waals surface area (Å²) in [5, 5.41) is 0.474. The van der Waals surface area contributed by atoms with Gasteiger partial charge in [0.05, 0.1) is 0 Å². The lowest BCUT2D eigenvalue weighted by molar-refractivity contribution is 0.191. The molecule has 0 radical (unpaired) electrons. The van der Waals surface area contributed by atoms with Gasteiger partial charge in [0, 0.05) is 25.7 Å². The number of rotatable bonds is 4. The number of benzene rings is 1. The van der Waals surface area contributed by atoms with Crippen molar-refractivity contribution in [2.45, 2.75) is 19.1 Å². The minimum Gasteiger partial charge on any atom is -0.473 e. The van der Waals surface area contributed by atoms with Crippen LogP contribution in [0.3, 0.4) is 0 Å². The van der Waals surface area contributed by atoms with Crippen LogP contribution in [0.25, 0.3) is 0 Å². The van der Waals surface area contributed by atoms with Gasteiger partial charge in [-0.15, -0.1) is 0 Å². The van der Waals surface area contributed by atoms with Crippen LogP contribution in [0.15, 0.2) is 48.5 Å². The van der Waals surface area contributed by atoms with Crippen LogP contribution in [0.4, 0.5) is 0 Å². The van der Waals surface area contributed by atoms with Crippen LogP contribution in [-0.4, -0.2) is 29.1 Å². The third kappa shape index (κ3) is 3.50. The van der Waals surface area contributed by atoms with E-state index >= 15 is 0 Å². The largest absolute Gasteiger partial charge is 0.473 e. The van der Waals surface area contributed by atoms with Gasteiger partial charge in [-0.2, -0.15) is 0 Å². The van der Waals surface area contributed by atoms with Crippen molar-refractivity contribution in [3.8, 4) is 5.88 Å². The molecule has 1 unspecified atom stereocenters. The van der Waals surface area contributed by atoms with Gasteiger partial charge in [-0.05, 0) is 18.1 Å². The Hall–Kier alpha value is -1.58. The van der Waals surface area contributed by atoms with Crippen molar-refractivity contribution >= 4 is 11.6 Å². The van der Waals surface area contributed by atoms with Crippen molar-refractivity contribution in [3.05, 3.63) is 59.2 Å². The van der Waals surface area contributed by atoms with E-state index in [1.807, 2.05) is 18.2 Å². The molecule has 1 atom stereocenters. The average molecular weight is 289 g/mol. The van der Waals surface area contributed by atoms with E-state index < -0.39 is 0 Å². The number of nitrogens with zero attached hydrogens (tertiary/aromatic N) is 2. The molecule has 2 heterocycles. The molecule has 0 bridgehead atoms. The lowest BCUT2D eigenvalue weighted by atomic mass is 10.2. The third-order valence-corrected chi connectivity index (χ3v) is 3.67. The smallest absolute Gasteiger partial charge is 0.214 e. The second-order valence-electron chi connectivity index (χ2n) is 5.05. The van der Waals surface area contributed by atoms with E-state index in [1.165, 1.54) is 5.56 Å². The van der Waals surface area contributed by atoms with Crippen LogP contribution in [0.1, 0.15) is 12.0 Å². The molecule has 0 spiro atoms. The predicted molar refractivity (Wildman–Crippen MR) is 80.0 cm³/mol. The first-order valence-electron chi connectivity index (χ1n) is 6.85. The molecule has 1 aliphatic heterocycles. The van der Waals surface area contributed by atoms with Gasteiger partial charge in [0.15, 0.2) is 0 Å². The molecule has 0 N–H and O–H groups in total. The van der Waals surface area contributed by atoms with Gasteiger partial charge in [-0.1, -0.05) is 48.0 Å². The number of likely N-dealkylation sites (tertiary alicyclic amines) is 1. The van der Waals surface area contributed by atoms with E-state index in [1.54, 1.807) is 6.07 Å². The van der Waals surface area contributed by atoms with Crippen LogP contribution < -0.4 is 4.74 Å². The molecule has 20 heavy (non-hydrogen) atoms. The van der Waals surface area contributed by atoms with Crippen LogP contribution in [-0.2, 0) is 6.54 Å². The maximum Gasteiger partial charge on any atom is 0.214 e. The number of hydrogen-bond acceptors (Lipinski definition) is 3. The van der Waals surface area contributed by atoms with E-state index in [0.29, 0.717) is 11.0 Å². The first-order chi connectivity index (χ1) is 9.79. The molecule has 1 saturated heterocycles. The monoisotopic (exact) mass is 288 g/mol. The molecular weight excluding hydrogens is 272 g/mol. The summed E-state index contributed by atoms with van der Waals surface area (Å²) in [7, 11) is 0. The Morgan fingerprint density at radius 1 is 1.15 bits per heavy atom. The second-order valence-corrected chi connectivity index (χ2v) is 5.44. The Morgan fingerprint density at radius 3 is 2.80 bits per heavy atom. The van der Waals surface area contributed by atoms with E-state index in [4.69, 9.17) is 16.3 Å². The summed E-state index contributed by atoms with van der Waals surface area (Å²) in [5.41, 5.74) is 1.34. The molecule has 0 saturated carbocycles. The van der Waals surface area contributed by atoms with Gasteiger partial charge >= 0.3 is 0 Å². The zero-order valence-corrected chi connectivity index (χ0v) is 12.0. The Kier molecular flexibility index (Phi) is 4.19. The Labute approximate surface area is 124 Å². The van der Waals surface area contributed by atoms with Gasteiger partial charge in [0.25, 0.3) is 0 Å². The molecule has 2 aromatic rings. The second kappa shape index (κ2) is 6.25. The number of ether oxygens (including phenoxy) is 1. The topological polar surface area (TPSA) is 25.4 Å². The highest BCUT2D eigenvalue weighted by Crippen LogP contribution is 2.19. The summed E-state index contributed by atoms with van der Waals surface area (Å²) in [4.78, 5) is 6.58. The summed E-state index contributed by atoms with van der Waals surface area (Å²) in [6, 6.07) is 16.0. The number of halogens is 1. The highest BCUT2D eigenvalue weighted by Gasteiger charge is 2.24. The maximum absolute atomic E-state index is 5.89. The molecule has 1 aromatic carbocycles. The van der Waals surface area contributed by atoms with Crippen LogP contribution >= 0.6 is 11.6 Å². The minimum absolute atomic E-state index is 0.199. The Balaban J connectivity index is 1.54. The summed E-state index contributed by atoms with van der Waals surface area (Å²) in [6.45, 7) is 2.97. The normalized spacial score (nSPS) is 19.1. The summed E-state index contributed by atoms with van der Waals surface area (Å²) in [6.07, 6.45) is 1.23. The first-order valence-corrected chi connectivity index (χ1v) is 7.23. The summed E-state index contributed by atoms with van der Waals surface area (Å²) in [5.74, 6) is 0.615. The van der Waals surface area contributed by atoms with Crippen molar-refractivity contribution in [1.29, 1.82) is 0 Å². The van der Waals surface area contributed by atoms with Crippen molar-refractivity contribution in [2.24, 2.45) is 0 Å². The highest BCUT2D eigenvalue weighted by atomic mass is 35.5. The molecule has 1 aliphatic rings. The summed E-state index contributed by atoms with van der Waals surface area (Å²) >= 11 is 5.86.